The van der Waals surface area contributed by atoms with Crippen LogP contribution in [-0.4, -0.2) is 36.1 Å². The van der Waals surface area contributed by atoms with Gasteiger partial charge in [-0.25, -0.2) is 0 Å². The predicted molar refractivity (Wildman–Crippen MR) is 55.5 cm³/mol. The third-order valence-corrected chi connectivity index (χ3v) is 3.17. The summed E-state index contributed by atoms with van der Waals surface area (Å²) in [7, 11) is 0. The molecule has 3 nitrogen and oxygen atoms in total. The van der Waals surface area contributed by atoms with E-state index < -0.39 is 5.60 Å². The lowest BCUT2D eigenvalue weighted by Crippen LogP contribution is -2.28. The molecule has 2 fully saturated rings. The molecule has 3 heteroatoms. The average Bonchev–Trinajstić information content (AvgIpc) is 3.05. The van der Waals surface area contributed by atoms with Gasteiger partial charge in [0.1, 0.15) is 0 Å². The van der Waals surface area contributed by atoms with Crippen LogP contribution in [0.5, 0.6) is 0 Å². The molecule has 0 amide bonds. The molecule has 3 aliphatic rings. The standard InChI is InChI=1S/C12H16O3/c13-12(6-11-8-15-11)3-1-9(2-4-12)5-10-7-14-10/h1-3,10-11,13H,4-8H2. The van der Waals surface area contributed by atoms with Crippen molar-refractivity contribution >= 4 is 0 Å². The van der Waals surface area contributed by atoms with E-state index in [0.29, 0.717) is 12.5 Å². The minimum absolute atomic E-state index is 0.279. The molecule has 82 valence electrons. The van der Waals surface area contributed by atoms with Crippen molar-refractivity contribution in [1.29, 1.82) is 0 Å². The van der Waals surface area contributed by atoms with E-state index in [9.17, 15) is 5.11 Å². The van der Waals surface area contributed by atoms with Crippen LogP contribution in [0.15, 0.2) is 23.8 Å². The molecule has 3 unspecified atom stereocenters. The van der Waals surface area contributed by atoms with Gasteiger partial charge in [0.15, 0.2) is 0 Å². The molecule has 0 bridgehead atoms. The van der Waals surface area contributed by atoms with Gasteiger partial charge in [-0.3, -0.25) is 0 Å². The molecule has 15 heavy (non-hydrogen) atoms. The Labute approximate surface area is 89.4 Å². The van der Waals surface area contributed by atoms with Gasteiger partial charge >= 0.3 is 0 Å². The third-order valence-electron chi connectivity index (χ3n) is 3.17. The van der Waals surface area contributed by atoms with Crippen LogP contribution in [0.1, 0.15) is 19.3 Å². The first-order chi connectivity index (χ1) is 7.23. The van der Waals surface area contributed by atoms with Crippen molar-refractivity contribution in [3.8, 4) is 0 Å². The second kappa shape index (κ2) is 3.44. The zero-order valence-corrected chi connectivity index (χ0v) is 8.69. The minimum atomic E-state index is -0.672. The molecule has 2 aliphatic heterocycles. The summed E-state index contributed by atoms with van der Waals surface area (Å²) >= 11 is 0. The summed E-state index contributed by atoms with van der Waals surface area (Å²) in [6, 6.07) is 0. The zero-order chi connectivity index (χ0) is 10.3. The van der Waals surface area contributed by atoms with Crippen molar-refractivity contribution in [3.05, 3.63) is 23.8 Å². The van der Waals surface area contributed by atoms with Crippen LogP contribution in [-0.2, 0) is 9.47 Å². The van der Waals surface area contributed by atoms with Gasteiger partial charge in [0.25, 0.3) is 0 Å². The van der Waals surface area contributed by atoms with Crippen LogP contribution in [0.2, 0.25) is 0 Å². The molecule has 1 N–H and O–H groups in total. The van der Waals surface area contributed by atoms with Gasteiger partial charge in [0.2, 0.25) is 0 Å². The molecule has 2 heterocycles. The van der Waals surface area contributed by atoms with Crippen molar-refractivity contribution in [3.63, 3.8) is 0 Å². The fourth-order valence-electron chi connectivity index (χ4n) is 2.04. The maximum absolute atomic E-state index is 10.2. The highest BCUT2D eigenvalue weighted by Crippen LogP contribution is 2.32. The summed E-state index contributed by atoms with van der Waals surface area (Å²) in [5.74, 6) is 0. The summed E-state index contributed by atoms with van der Waals surface area (Å²) in [6.07, 6.45) is 9.23. The van der Waals surface area contributed by atoms with E-state index >= 15 is 0 Å². The van der Waals surface area contributed by atoms with E-state index in [1.165, 1.54) is 5.57 Å². The van der Waals surface area contributed by atoms with Crippen molar-refractivity contribution in [2.24, 2.45) is 0 Å². The molecule has 3 rings (SSSR count). The average molecular weight is 208 g/mol. The Morgan fingerprint density at radius 3 is 2.60 bits per heavy atom. The highest BCUT2D eigenvalue weighted by Gasteiger charge is 2.35. The largest absolute Gasteiger partial charge is 0.385 e. The summed E-state index contributed by atoms with van der Waals surface area (Å²) in [6.45, 7) is 1.70. The van der Waals surface area contributed by atoms with Crippen LogP contribution in [0, 0.1) is 0 Å². The highest BCUT2D eigenvalue weighted by molar-refractivity contribution is 5.29. The molecule has 0 saturated carbocycles. The Balaban J connectivity index is 1.57. The van der Waals surface area contributed by atoms with Gasteiger partial charge in [0.05, 0.1) is 31.0 Å². The molecule has 0 radical (unpaired) electrons. The molecule has 2 saturated heterocycles. The number of hydrogen-bond donors (Lipinski definition) is 1. The number of rotatable bonds is 4. The lowest BCUT2D eigenvalue weighted by molar-refractivity contribution is 0.0739. The van der Waals surface area contributed by atoms with Crippen molar-refractivity contribution in [2.75, 3.05) is 13.2 Å². The number of allylic oxidation sites excluding steroid dienone is 1. The van der Waals surface area contributed by atoms with E-state index in [1.54, 1.807) is 0 Å². The van der Waals surface area contributed by atoms with E-state index in [1.807, 2.05) is 12.2 Å². The summed E-state index contributed by atoms with van der Waals surface area (Å²) < 4.78 is 10.3. The molecule has 3 atom stereocenters. The number of hydrogen-bond acceptors (Lipinski definition) is 3. The van der Waals surface area contributed by atoms with Gasteiger partial charge < -0.3 is 14.6 Å². The van der Waals surface area contributed by atoms with E-state index in [2.05, 4.69) is 6.08 Å². The lowest BCUT2D eigenvalue weighted by Gasteiger charge is -2.25. The first kappa shape index (κ1) is 9.58. The maximum Gasteiger partial charge on any atom is 0.0890 e. The fourth-order valence-corrected chi connectivity index (χ4v) is 2.04. The SMILES string of the molecule is OC1(CC2CO2)C=CC(CC2CO2)=CC1. The Bertz CT molecular complexity index is 313. The van der Waals surface area contributed by atoms with Gasteiger partial charge in [0, 0.05) is 12.8 Å². The molecule has 0 spiro atoms. The molecule has 0 aromatic carbocycles. The van der Waals surface area contributed by atoms with Crippen LogP contribution in [0.25, 0.3) is 0 Å². The predicted octanol–water partition coefficient (Wildman–Crippen LogP) is 1.18. The van der Waals surface area contributed by atoms with Crippen LogP contribution >= 0.6 is 0 Å². The molecule has 1 aliphatic carbocycles. The molecule has 0 aromatic heterocycles. The quantitative estimate of drug-likeness (QED) is 0.706. The summed E-state index contributed by atoms with van der Waals surface area (Å²) in [5.41, 5.74) is 0.619. The number of ether oxygens (including phenoxy) is 2. The van der Waals surface area contributed by atoms with Gasteiger partial charge in [-0.05, 0) is 12.0 Å². The topological polar surface area (TPSA) is 45.3 Å². The van der Waals surface area contributed by atoms with E-state index in [4.69, 9.17) is 9.47 Å². The first-order valence-corrected chi connectivity index (χ1v) is 5.57. The lowest BCUT2D eigenvalue weighted by atomic mass is 9.87. The Morgan fingerprint density at radius 1 is 1.33 bits per heavy atom. The highest BCUT2D eigenvalue weighted by atomic mass is 16.6. The Morgan fingerprint density at radius 2 is 2.07 bits per heavy atom. The molecule has 0 aromatic rings. The molecular weight excluding hydrogens is 192 g/mol. The van der Waals surface area contributed by atoms with Gasteiger partial charge in [-0.15, -0.1) is 0 Å². The summed E-state index contributed by atoms with van der Waals surface area (Å²) in [5, 5.41) is 10.2. The Hall–Kier alpha value is -0.640. The fraction of sp³-hybridized carbons (Fsp3) is 0.667. The minimum Gasteiger partial charge on any atom is -0.385 e. The second-order valence-corrected chi connectivity index (χ2v) is 4.74. The number of epoxide rings is 2. The third kappa shape index (κ3) is 2.48. The normalized spacial score (nSPS) is 42.6. The first-order valence-electron chi connectivity index (χ1n) is 5.57. The van der Waals surface area contributed by atoms with Crippen LogP contribution in [0.4, 0.5) is 0 Å². The zero-order valence-electron chi connectivity index (χ0n) is 8.69. The second-order valence-electron chi connectivity index (χ2n) is 4.74. The monoisotopic (exact) mass is 208 g/mol. The van der Waals surface area contributed by atoms with Crippen molar-refractivity contribution in [1.82, 2.24) is 0 Å². The molecular formula is C12H16O3. The number of aliphatic hydroxyl groups is 1. The van der Waals surface area contributed by atoms with Gasteiger partial charge in [-0.2, -0.15) is 0 Å². The van der Waals surface area contributed by atoms with Crippen molar-refractivity contribution < 1.29 is 14.6 Å². The van der Waals surface area contributed by atoms with Crippen LogP contribution < -0.4 is 0 Å². The van der Waals surface area contributed by atoms with Crippen LogP contribution in [0.3, 0.4) is 0 Å². The Kier molecular flexibility index (Phi) is 2.20. The summed E-state index contributed by atoms with van der Waals surface area (Å²) in [4.78, 5) is 0. The van der Waals surface area contributed by atoms with E-state index in [-0.39, 0.29) is 6.10 Å². The van der Waals surface area contributed by atoms with E-state index in [0.717, 1.165) is 26.1 Å². The van der Waals surface area contributed by atoms with Crippen molar-refractivity contribution in [2.45, 2.75) is 37.1 Å². The smallest absolute Gasteiger partial charge is 0.0890 e. The van der Waals surface area contributed by atoms with Gasteiger partial charge in [-0.1, -0.05) is 18.2 Å². The maximum atomic E-state index is 10.2.